The number of nitrogens with zero attached hydrogens (tertiary/aromatic N) is 2. The zero-order valence-corrected chi connectivity index (χ0v) is 15.5. The summed E-state index contributed by atoms with van der Waals surface area (Å²) in [6.07, 6.45) is 2.95. The van der Waals surface area contributed by atoms with Crippen molar-refractivity contribution in [3.05, 3.63) is 28.2 Å². The lowest BCUT2D eigenvalue weighted by Gasteiger charge is -2.08. The topological polar surface area (TPSA) is 64.1 Å². The highest BCUT2D eigenvalue weighted by molar-refractivity contribution is 9.10. The molecule has 1 aromatic heterocycles. The highest BCUT2D eigenvalue weighted by Gasteiger charge is 2.08. The third kappa shape index (κ3) is 5.26. The average Bonchev–Trinajstić information content (AvgIpc) is 2.93. The van der Waals surface area contributed by atoms with Gasteiger partial charge in [0.25, 0.3) is 0 Å². The number of anilines is 1. The molecule has 118 valence electrons. The lowest BCUT2D eigenvalue weighted by Crippen LogP contribution is -2.12. The molecule has 0 aliphatic heterocycles. The number of aromatic nitrogens is 2. The summed E-state index contributed by atoms with van der Waals surface area (Å²) in [6, 6.07) is 5.91. The molecule has 0 radical (unpaired) electrons. The molecule has 1 amide bonds. The summed E-state index contributed by atoms with van der Waals surface area (Å²) in [4.78, 5) is 11.8. The van der Waals surface area contributed by atoms with Gasteiger partial charge >= 0.3 is 0 Å². The SMILES string of the molecule is CSc1nnc(NC(=O)CCCOc2ccc(C)cc2Br)s1. The summed E-state index contributed by atoms with van der Waals surface area (Å²) in [5.74, 6) is 0.718. The van der Waals surface area contributed by atoms with Crippen LogP contribution in [-0.2, 0) is 4.79 Å². The van der Waals surface area contributed by atoms with Crippen LogP contribution in [0.5, 0.6) is 5.75 Å². The molecule has 8 heteroatoms. The Kier molecular flexibility index (Phi) is 6.66. The maximum Gasteiger partial charge on any atom is 0.226 e. The highest BCUT2D eigenvalue weighted by atomic mass is 79.9. The van der Waals surface area contributed by atoms with Crippen molar-refractivity contribution in [2.45, 2.75) is 24.1 Å². The Hall–Kier alpha value is -1.12. The first-order chi connectivity index (χ1) is 10.6. The van der Waals surface area contributed by atoms with Gasteiger partial charge in [-0.15, -0.1) is 10.2 Å². The van der Waals surface area contributed by atoms with E-state index in [-0.39, 0.29) is 5.91 Å². The molecule has 2 rings (SSSR count). The van der Waals surface area contributed by atoms with E-state index >= 15 is 0 Å². The fourth-order valence-electron chi connectivity index (χ4n) is 1.66. The predicted octanol–water partition coefficient (Wildman–Crippen LogP) is 4.13. The number of hydrogen-bond donors (Lipinski definition) is 1. The fourth-order valence-corrected chi connectivity index (χ4v) is 3.46. The molecule has 0 saturated carbocycles. The summed E-state index contributed by atoms with van der Waals surface area (Å²) < 4.78 is 7.42. The summed E-state index contributed by atoms with van der Waals surface area (Å²) in [7, 11) is 0. The third-order valence-electron chi connectivity index (χ3n) is 2.72. The van der Waals surface area contributed by atoms with Crippen LogP contribution in [0.4, 0.5) is 5.13 Å². The van der Waals surface area contributed by atoms with Crippen LogP contribution in [0.15, 0.2) is 27.0 Å². The minimum Gasteiger partial charge on any atom is -0.492 e. The Labute approximate surface area is 146 Å². The first kappa shape index (κ1) is 17.2. The van der Waals surface area contributed by atoms with Crippen molar-refractivity contribution >= 4 is 50.1 Å². The largest absolute Gasteiger partial charge is 0.492 e. The van der Waals surface area contributed by atoms with Crippen LogP contribution < -0.4 is 10.1 Å². The molecule has 0 aliphatic carbocycles. The van der Waals surface area contributed by atoms with Gasteiger partial charge in [-0.05, 0) is 53.2 Å². The Morgan fingerprint density at radius 1 is 1.45 bits per heavy atom. The zero-order chi connectivity index (χ0) is 15.9. The molecule has 0 bridgehead atoms. The molecule has 0 saturated heterocycles. The van der Waals surface area contributed by atoms with Gasteiger partial charge in [-0.25, -0.2) is 0 Å². The van der Waals surface area contributed by atoms with Gasteiger partial charge in [0, 0.05) is 6.42 Å². The zero-order valence-electron chi connectivity index (χ0n) is 12.3. The third-order valence-corrected chi connectivity index (χ3v) is 5.15. The Morgan fingerprint density at radius 3 is 2.95 bits per heavy atom. The van der Waals surface area contributed by atoms with Crippen molar-refractivity contribution in [2.24, 2.45) is 0 Å². The fraction of sp³-hybridized carbons (Fsp3) is 0.357. The summed E-state index contributed by atoms with van der Waals surface area (Å²) in [6.45, 7) is 2.51. The summed E-state index contributed by atoms with van der Waals surface area (Å²) >= 11 is 6.34. The standard InChI is InChI=1S/C14H16BrN3O2S2/c1-9-5-6-11(10(15)8-9)20-7-3-4-12(19)16-13-17-18-14(21-2)22-13/h5-6,8H,3-4,7H2,1-2H3,(H,16,17,19). The monoisotopic (exact) mass is 401 g/mol. The minimum atomic E-state index is -0.0737. The number of halogens is 1. The van der Waals surface area contributed by atoms with Gasteiger partial charge in [-0.3, -0.25) is 4.79 Å². The minimum absolute atomic E-state index is 0.0737. The maximum atomic E-state index is 11.8. The molecule has 1 N–H and O–H groups in total. The van der Waals surface area contributed by atoms with E-state index in [9.17, 15) is 4.79 Å². The van der Waals surface area contributed by atoms with Crippen molar-refractivity contribution < 1.29 is 9.53 Å². The van der Waals surface area contributed by atoms with E-state index in [0.717, 1.165) is 14.6 Å². The highest BCUT2D eigenvalue weighted by Crippen LogP contribution is 2.26. The molecule has 22 heavy (non-hydrogen) atoms. The lowest BCUT2D eigenvalue weighted by molar-refractivity contribution is -0.116. The van der Waals surface area contributed by atoms with Crippen LogP contribution in [0.25, 0.3) is 0 Å². The van der Waals surface area contributed by atoms with Crippen molar-refractivity contribution in [3.8, 4) is 5.75 Å². The maximum absolute atomic E-state index is 11.8. The molecule has 0 fully saturated rings. The van der Waals surface area contributed by atoms with Crippen LogP contribution >= 0.6 is 39.0 Å². The van der Waals surface area contributed by atoms with Crippen LogP contribution in [0.1, 0.15) is 18.4 Å². The van der Waals surface area contributed by atoms with Crippen LogP contribution in [0.2, 0.25) is 0 Å². The Bertz CT molecular complexity index is 649. The van der Waals surface area contributed by atoms with Crippen molar-refractivity contribution in [3.63, 3.8) is 0 Å². The van der Waals surface area contributed by atoms with E-state index < -0.39 is 0 Å². The van der Waals surface area contributed by atoms with Crippen LogP contribution in [0, 0.1) is 6.92 Å². The number of benzene rings is 1. The van der Waals surface area contributed by atoms with Gasteiger partial charge < -0.3 is 10.1 Å². The van der Waals surface area contributed by atoms with E-state index in [1.54, 1.807) is 0 Å². The number of thioether (sulfide) groups is 1. The van der Waals surface area contributed by atoms with Crippen LogP contribution in [0.3, 0.4) is 0 Å². The number of nitrogens with one attached hydrogen (secondary N) is 1. The number of carbonyl (C=O) groups is 1. The number of rotatable bonds is 7. The first-order valence-corrected chi connectivity index (χ1v) is 9.48. The Morgan fingerprint density at radius 2 is 2.27 bits per heavy atom. The molecule has 0 aliphatic rings. The molecule has 0 spiro atoms. The summed E-state index contributed by atoms with van der Waals surface area (Å²) in [5, 5.41) is 11.1. The second-order valence-corrected chi connectivity index (χ2v) is 7.40. The second-order valence-electron chi connectivity index (χ2n) is 4.51. The van der Waals surface area contributed by atoms with Crippen molar-refractivity contribution in [1.82, 2.24) is 10.2 Å². The van der Waals surface area contributed by atoms with Gasteiger partial charge in [0.15, 0.2) is 4.34 Å². The molecule has 0 atom stereocenters. The molecular formula is C14H16BrN3O2S2. The van der Waals surface area contributed by atoms with E-state index in [0.29, 0.717) is 24.6 Å². The van der Waals surface area contributed by atoms with Gasteiger partial charge in [0.1, 0.15) is 5.75 Å². The van der Waals surface area contributed by atoms with Crippen molar-refractivity contribution in [1.29, 1.82) is 0 Å². The lowest BCUT2D eigenvalue weighted by atomic mass is 10.2. The van der Waals surface area contributed by atoms with Gasteiger partial charge in [-0.1, -0.05) is 29.2 Å². The molecular weight excluding hydrogens is 386 g/mol. The normalized spacial score (nSPS) is 10.5. The number of aryl methyl sites for hydroxylation is 1. The smallest absolute Gasteiger partial charge is 0.226 e. The number of carbonyl (C=O) groups excluding carboxylic acids is 1. The average molecular weight is 402 g/mol. The molecule has 2 aromatic rings. The van der Waals surface area contributed by atoms with Crippen molar-refractivity contribution in [2.75, 3.05) is 18.2 Å². The van der Waals surface area contributed by atoms with E-state index in [4.69, 9.17) is 4.74 Å². The molecule has 1 aromatic carbocycles. The number of ether oxygens (including phenoxy) is 1. The second kappa shape index (κ2) is 8.50. The first-order valence-electron chi connectivity index (χ1n) is 6.65. The molecule has 0 unspecified atom stereocenters. The summed E-state index contributed by atoms with van der Waals surface area (Å²) in [5.41, 5.74) is 1.17. The molecule has 5 nitrogen and oxygen atoms in total. The van der Waals surface area contributed by atoms with Gasteiger partial charge in [0.2, 0.25) is 11.0 Å². The van der Waals surface area contributed by atoms with E-state index in [1.165, 1.54) is 28.7 Å². The quantitative estimate of drug-likeness (QED) is 0.429. The number of hydrogen-bond acceptors (Lipinski definition) is 6. The van der Waals surface area contributed by atoms with E-state index in [2.05, 4.69) is 31.4 Å². The van der Waals surface area contributed by atoms with Gasteiger partial charge in [0.05, 0.1) is 11.1 Å². The predicted molar refractivity (Wildman–Crippen MR) is 93.9 cm³/mol. The molecule has 1 heterocycles. The van der Waals surface area contributed by atoms with E-state index in [1.807, 2.05) is 31.4 Å². The van der Waals surface area contributed by atoms with Gasteiger partial charge in [-0.2, -0.15) is 0 Å². The Balaban J connectivity index is 1.70. The van der Waals surface area contributed by atoms with Crippen LogP contribution in [-0.4, -0.2) is 29.0 Å². The number of amides is 1.